The molecule has 98 valence electrons. The minimum absolute atomic E-state index is 0.0266. The standard InChI is InChI=1S/C14H15N3O2/c1-2-8-7-11(17-13(18)9-3-4-9)16-10-5-6-15-14(19)12(8)10/h5-7,9H,2-4H2,1H3,(H,15,19)(H,16,17,18). The second-order valence-corrected chi connectivity index (χ2v) is 4.85. The molecule has 2 aromatic heterocycles. The van der Waals surface area contributed by atoms with Crippen LogP contribution in [0, 0.1) is 5.92 Å². The number of rotatable bonds is 3. The molecule has 0 aliphatic heterocycles. The van der Waals surface area contributed by atoms with Crippen molar-refractivity contribution in [2.45, 2.75) is 26.2 Å². The lowest BCUT2D eigenvalue weighted by atomic mass is 10.1. The number of hydrogen-bond donors (Lipinski definition) is 2. The van der Waals surface area contributed by atoms with Crippen molar-refractivity contribution in [2.75, 3.05) is 5.32 Å². The van der Waals surface area contributed by atoms with E-state index in [-0.39, 0.29) is 17.4 Å². The number of hydrogen-bond acceptors (Lipinski definition) is 3. The summed E-state index contributed by atoms with van der Waals surface area (Å²) in [6, 6.07) is 3.54. The third-order valence-corrected chi connectivity index (χ3v) is 3.39. The van der Waals surface area contributed by atoms with Crippen molar-refractivity contribution in [3.8, 4) is 0 Å². The van der Waals surface area contributed by atoms with Gasteiger partial charge in [0.1, 0.15) is 5.82 Å². The SMILES string of the molecule is CCc1cc(NC(=O)C2CC2)nc2cc[nH]c(=O)c12. The van der Waals surface area contributed by atoms with E-state index >= 15 is 0 Å². The number of carbonyl (C=O) groups excluding carboxylic acids is 1. The van der Waals surface area contributed by atoms with Gasteiger partial charge >= 0.3 is 0 Å². The largest absolute Gasteiger partial charge is 0.328 e. The summed E-state index contributed by atoms with van der Waals surface area (Å²) in [6.45, 7) is 1.98. The van der Waals surface area contributed by atoms with E-state index in [9.17, 15) is 9.59 Å². The third-order valence-electron chi connectivity index (χ3n) is 3.39. The number of aromatic amines is 1. The fourth-order valence-corrected chi connectivity index (χ4v) is 2.19. The molecule has 0 saturated heterocycles. The molecular weight excluding hydrogens is 242 g/mol. The third kappa shape index (κ3) is 2.23. The van der Waals surface area contributed by atoms with E-state index in [1.165, 1.54) is 0 Å². The topological polar surface area (TPSA) is 74.8 Å². The van der Waals surface area contributed by atoms with Gasteiger partial charge in [-0.3, -0.25) is 9.59 Å². The Morgan fingerprint density at radius 1 is 1.53 bits per heavy atom. The zero-order valence-electron chi connectivity index (χ0n) is 10.7. The molecule has 1 aliphatic carbocycles. The quantitative estimate of drug-likeness (QED) is 0.881. The first-order chi connectivity index (χ1) is 9.19. The van der Waals surface area contributed by atoms with Gasteiger partial charge in [0.05, 0.1) is 10.9 Å². The number of anilines is 1. The average molecular weight is 257 g/mol. The molecule has 0 unspecified atom stereocenters. The molecule has 2 heterocycles. The Balaban J connectivity index is 2.06. The Labute approximate surface area is 110 Å². The molecule has 2 aromatic rings. The maximum absolute atomic E-state index is 11.8. The highest BCUT2D eigenvalue weighted by Gasteiger charge is 2.29. The molecule has 1 fully saturated rings. The van der Waals surface area contributed by atoms with Gasteiger partial charge < -0.3 is 10.3 Å². The lowest BCUT2D eigenvalue weighted by Gasteiger charge is -2.08. The Morgan fingerprint density at radius 3 is 3.00 bits per heavy atom. The van der Waals surface area contributed by atoms with E-state index in [1.807, 2.05) is 6.92 Å². The van der Waals surface area contributed by atoms with Crippen LogP contribution in [0.25, 0.3) is 10.9 Å². The highest BCUT2D eigenvalue weighted by molar-refractivity contribution is 5.94. The maximum Gasteiger partial charge on any atom is 0.257 e. The highest BCUT2D eigenvalue weighted by atomic mass is 16.2. The number of nitrogens with zero attached hydrogens (tertiary/aromatic N) is 1. The molecule has 5 heteroatoms. The van der Waals surface area contributed by atoms with Crippen molar-refractivity contribution >= 4 is 22.6 Å². The Kier molecular flexibility index (Phi) is 2.81. The first-order valence-electron chi connectivity index (χ1n) is 6.51. The normalized spacial score (nSPS) is 14.6. The van der Waals surface area contributed by atoms with Crippen molar-refractivity contribution in [3.63, 3.8) is 0 Å². The minimum Gasteiger partial charge on any atom is -0.328 e. The molecule has 0 aromatic carbocycles. The van der Waals surface area contributed by atoms with Gasteiger partial charge in [0.2, 0.25) is 5.91 Å². The summed E-state index contributed by atoms with van der Waals surface area (Å²) in [4.78, 5) is 30.6. The van der Waals surface area contributed by atoms with Crippen LogP contribution in [0.1, 0.15) is 25.3 Å². The van der Waals surface area contributed by atoms with Crippen LogP contribution < -0.4 is 10.9 Å². The van der Waals surface area contributed by atoms with Crippen LogP contribution in [0.3, 0.4) is 0 Å². The lowest BCUT2D eigenvalue weighted by Crippen LogP contribution is -2.16. The number of aromatic nitrogens is 2. The summed E-state index contributed by atoms with van der Waals surface area (Å²) >= 11 is 0. The average Bonchev–Trinajstić information content (AvgIpc) is 3.22. The summed E-state index contributed by atoms with van der Waals surface area (Å²) in [6.07, 6.45) is 4.21. The van der Waals surface area contributed by atoms with Gasteiger partial charge in [0.25, 0.3) is 5.56 Å². The van der Waals surface area contributed by atoms with Crippen LogP contribution in [0.2, 0.25) is 0 Å². The Hall–Kier alpha value is -2.17. The van der Waals surface area contributed by atoms with Crippen LogP contribution >= 0.6 is 0 Å². The van der Waals surface area contributed by atoms with E-state index in [0.717, 1.165) is 24.8 Å². The molecule has 0 atom stereocenters. The van der Waals surface area contributed by atoms with Gasteiger partial charge in [-0.25, -0.2) is 4.98 Å². The molecular formula is C14H15N3O2. The van der Waals surface area contributed by atoms with Gasteiger partial charge in [-0.2, -0.15) is 0 Å². The van der Waals surface area contributed by atoms with E-state index in [2.05, 4.69) is 15.3 Å². The zero-order valence-corrected chi connectivity index (χ0v) is 10.7. The first kappa shape index (κ1) is 11.9. The van der Waals surface area contributed by atoms with Crippen molar-refractivity contribution in [3.05, 3.63) is 34.2 Å². The fraction of sp³-hybridized carbons (Fsp3) is 0.357. The number of pyridine rings is 2. The zero-order chi connectivity index (χ0) is 13.4. The smallest absolute Gasteiger partial charge is 0.257 e. The molecule has 19 heavy (non-hydrogen) atoms. The second kappa shape index (κ2) is 4.50. The lowest BCUT2D eigenvalue weighted by molar-refractivity contribution is -0.117. The number of carbonyl (C=O) groups is 1. The number of nitrogens with one attached hydrogen (secondary N) is 2. The van der Waals surface area contributed by atoms with Gasteiger partial charge in [-0.1, -0.05) is 6.92 Å². The Morgan fingerprint density at radius 2 is 2.32 bits per heavy atom. The van der Waals surface area contributed by atoms with Crippen LogP contribution in [0.5, 0.6) is 0 Å². The number of fused-ring (bicyclic) bond motifs is 1. The maximum atomic E-state index is 11.8. The van der Waals surface area contributed by atoms with Crippen molar-refractivity contribution < 1.29 is 4.79 Å². The molecule has 2 N–H and O–H groups in total. The summed E-state index contributed by atoms with van der Waals surface area (Å²) in [7, 11) is 0. The molecule has 0 radical (unpaired) electrons. The summed E-state index contributed by atoms with van der Waals surface area (Å²) in [5.74, 6) is 0.701. The highest BCUT2D eigenvalue weighted by Crippen LogP contribution is 2.30. The summed E-state index contributed by atoms with van der Waals surface area (Å²) in [5.41, 5.74) is 1.38. The van der Waals surface area contributed by atoms with Gasteiger partial charge in [-0.05, 0) is 37.0 Å². The number of amides is 1. The predicted molar refractivity (Wildman–Crippen MR) is 73.1 cm³/mol. The molecule has 1 amide bonds. The van der Waals surface area contributed by atoms with Gasteiger partial charge in [0, 0.05) is 12.1 Å². The molecule has 3 rings (SSSR count). The minimum atomic E-state index is -0.137. The monoisotopic (exact) mass is 257 g/mol. The van der Waals surface area contributed by atoms with E-state index in [1.54, 1.807) is 18.3 Å². The molecule has 5 nitrogen and oxygen atoms in total. The number of aryl methyl sites for hydroxylation is 1. The van der Waals surface area contributed by atoms with Gasteiger partial charge in [-0.15, -0.1) is 0 Å². The Bertz CT molecular complexity index is 701. The molecule has 0 spiro atoms. The van der Waals surface area contributed by atoms with E-state index in [0.29, 0.717) is 16.7 Å². The van der Waals surface area contributed by atoms with Crippen molar-refractivity contribution in [1.82, 2.24) is 9.97 Å². The summed E-state index contributed by atoms with van der Waals surface area (Å²) in [5, 5.41) is 3.43. The van der Waals surface area contributed by atoms with Crippen LogP contribution in [-0.4, -0.2) is 15.9 Å². The fourth-order valence-electron chi connectivity index (χ4n) is 2.19. The van der Waals surface area contributed by atoms with Crippen LogP contribution in [-0.2, 0) is 11.2 Å². The summed E-state index contributed by atoms with van der Waals surface area (Å²) < 4.78 is 0. The number of H-pyrrole nitrogens is 1. The van der Waals surface area contributed by atoms with E-state index in [4.69, 9.17) is 0 Å². The van der Waals surface area contributed by atoms with E-state index < -0.39 is 0 Å². The molecule has 1 saturated carbocycles. The first-order valence-corrected chi connectivity index (χ1v) is 6.51. The van der Waals surface area contributed by atoms with Crippen LogP contribution in [0.15, 0.2) is 23.1 Å². The predicted octanol–water partition coefficient (Wildman–Crippen LogP) is 1.83. The van der Waals surface area contributed by atoms with Gasteiger partial charge in [0.15, 0.2) is 0 Å². The molecule has 1 aliphatic rings. The van der Waals surface area contributed by atoms with Crippen molar-refractivity contribution in [1.29, 1.82) is 0 Å². The second-order valence-electron chi connectivity index (χ2n) is 4.85. The van der Waals surface area contributed by atoms with Crippen LogP contribution in [0.4, 0.5) is 5.82 Å². The molecule has 0 bridgehead atoms. The van der Waals surface area contributed by atoms with Crippen molar-refractivity contribution in [2.24, 2.45) is 5.92 Å².